The van der Waals surface area contributed by atoms with Crippen LogP contribution < -0.4 is 18.9 Å². The molecule has 0 spiro atoms. The third-order valence-corrected chi connectivity index (χ3v) is 13.0. The van der Waals surface area contributed by atoms with Crippen LogP contribution in [0.1, 0.15) is 80.5 Å². The maximum absolute atomic E-state index is 12.8. The first-order valence-electron chi connectivity index (χ1n) is 19.1. The van der Waals surface area contributed by atoms with E-state index in [0.29, 0.717) is 57.7 Å². The summed E-state index contributed by atoms with van der Waals surface area (Å²) in [6.45, 7) is 7.85. The molecule has 1 aliphatic carbocycles. The standard InChI is InChI=1S/C38H59N5O8S2/c1-26-12-17-32(39-38(26)49-20-19-42-18-8-10-33(35(42)24-48-3)40-52(4,44)45)29-21-34(41-53(5,46)47)36-25-50-30-15-13-28(14-16-30)31-9-6-7-11-37(31)51-23-27(2)43(36)22-29/h6-7,9,11-12,17,27-30,33-36,40-41H,8,10,13-16,18-25H2,1-5H3/t27-,28?,29?,30?,33?,34+,35+,36+/m1/s1. The number of methoxy groups -OCH3 is 1. The SMILES string of the molecule is COC[C@H]1C(NS(C)(=O)=O)CCCN1CCOc1nc(C2C[C@H](NS(C)(=O)=O)[C@@H]3COC4CCC(CC4)c4ccccc4OC[C@@H](C)N3C2)ccc1C. The Bertz CT molecular complexity index is 1740. The second kappa shape index (κ2) is 17.6. The van der Waals surface area contributed by atoms with Gasteiger partial charge in [-0.1, -0.05) is 24.3 Å². The summed E-state index contributed by atoms with van der Waals surface area (Å²) in [6, 6.07) is 11.5. The minimum absolute atomic E-state index is 0.0338. The Hall–Kier alpha value is -2.37. The van der Waals surface area contributed by atoms with Crippen LogP contribution in [0.5, 0.6) is 11.6 Å². The van der Waals surface area contributed by atoms with Crippen LogP contribution in [0.25, 0.3) is 0 Å². The van der Waals surface area contributed by atoms with E-state index in [0.717, 1.165) is 62.1 Å². The molecule has 296 valence electrons. The molecule has 13 nitrogen and oxygen atoms in total. The van der Waals surface area contributed by atoms with E-state index in [4.69, 9.17) is 23.9 Å². The number of nitrogens with zero attached hydrogens (tertiary/aromatic N) is 3. The maximum atomic E-state index is 12.8. The van der Waals surface area contributed by atoms with Gasteiger partial charge in [0.15, 0.2) is 0 Å². The number of aromatic nitrogens is 1. The van der Waals surface area contributed by atoms with Crippen molar-refractivity contribution in [1.82, 2.24) is 24.2 Å². The van der Waals surface area contributed by atoms with Crippen LogP contribution in [-0.4, -0.2) is 134 Å². The molecule has 5 aliphatic rings. The van der Waals surface area contributed by atoms with E-state index in [1.54, 1.807) is 7.11 Å². The van der Waals surface area contributed by atoms with Crippen LogP contribution in [-0.2, 0) is 29.5 Å². The van der Waals surface area contributed by atoms with Gasteiger partial charge < -0.3 is 18.9 Å². The highest BCUT2D eigenvalue weighted by Crippen LogP contribution is 2.40. The summed E-state index contributed by atoms with van der Waals surface area (Å²) in [7, 11) is -5.26. The zero-order chi connectivity index (χ0) is 37.8. The van der Waals surface area contributed by atoms with Gasteiger partial charge in [0, 0.05) is 67.6 Å². The van der Waals surface area contributed by atoms with Gasteiger partial charge in [0.1, 0.15) is 19.0 Å². The van der Waals surface area contributed by atoms with Crippen molar-refractivity contribution < 1.29 is 35.8 Å². The molecule has 1 aromatic heterocycles. The lowest BCUT2D eigenvalue weighted by Crippen LogP contribution is -2.62. The van der Waals surface area contributed by atoms with Gasteiger partial charge in [-0.3, -0.25) is 9.80 Å². The van der Waals surface area contributed by atoms with Gasteiger partial charge in [0.25, 0.3) is 0 Å². The number of para-hydroxylation sites is 1. The molecule has 2 unspecified atom stereocenters. The molecule has 6 atom stereocenters. The van der Waals surface area contributed by atoms with Gasteiger partial charge >= 0.3 is 0 Å². The largest absolute Gasteiger partial charge is 0.492 e. The fourth-order valence-electron chi connectivity index (χ4n) is 8.89. The highest BCUT2D eigenvalue weighted by atomic mass is 32.2. The number of rotatable bonds is 11. The van der Waals surface area contributed by atoms with E-state index in [1.165, 1.54) is 18.1 Å². The Morgan fingerprint density at radius 1 is 0.925 bits per heavy atom. The number of sulfonamides is 2. The van der Waals surface area contributed by atoms with E-state index in [2.05, 4.69) is 44.4 Å². The van der Waals surface area contributed by atoms with E-state index < -0.39 is 26.1 Å². The number of hydrogen-bond acceptors (Lipinski definition) is 11. The molecule has 3 fully saturated rings. The minimum atomic E-state index is -3.53. The van der Waals surface area contributed by atoms with E-state index >= 15 is 0 Å². The average molecular weight is 778 g/mol. The minimum Gasteiger partial charge on any atom is -0.492 e. The van der Waals surface area contributed by atoms with Crippen molar-refractivity contribution in [2.24, 2.45) is 0 Å². The number of aryl methyl sites for hydroxylation is 1. The van der Waals surface area contributed by atoms with Gasteiger partial charge in [-0.25, -0.2) is 31.3 Å². The molecule has 2 bridgehead atoms. The lowest BCUT2D eigenvalue weighted by atomic mass is 9.82. The number of ether oxygens (including phenoxy) is 4. The quantitative estimate of drug-likeness (QED) is 0.346. The summed E-state index contributed by atoms with van der Waals surface area (Å²) >= 11 is 0. The number of piperidine rings is 2. The Balaban J connectivity index is 1.20. The lowest BCUT2D eigenvalue weighted by Gasteiger charge is -2.47. The molecule has 2 saturated heterocycles. The summed E-state index contributed by atoms with van der Waals surface area (Å²) in [5, 5.41) is 0. The van der Waals surface area contributed by atoms with Crippen molar-refractivity contribution in [3.63, 3.8) is 0 Å². The second-order valence-electron chi connectivity index (χ2n) is 15.6. The molecule has 5 heterocycles. The van der Waals surface area contributed by atoms with Gasteiger partial charge in [-0.2, -0.15) is 0 Å². The topological polar surface area (TPSA) is 149 Å². The monoisotopic (exact) mass is 777 g/mol. The van der Waals surface area contributed by atoms with Crippen molar-refractivity contribution in [2.75, 3.05) is 65.7 Å². The predicted molar refractivity (Wildman–Crippen MR) is 205 cm³/mol. The van der Waals surface area contributed by atoms with Crippen LogP contribution in [0, 0.1) is 6.92 Å². The number of hydrogen-bond donors (Lipinski definition) is 2. The number of nitrogens with one attached hydrogen (secondary N) is 2. The van der Waals surface area contributed by atoms with Crippen LogP contribution >= 0.6 is 0 Å². The van der Waals surface area contributed by atoms with Gasteiger partial charge in [0.05, 0.1) is 31.8 Å². The Morgan fingerprint density at radius 2 is 1.66 bits per heavy atom. The molecule has 53 heavy (non-hydrogen) atoms. The molecule has 0 radical (unpaired) electrons. The number of pyridine rings is 1. The van der Waals surface area contributed by atoms with Gasteiger partial charge in [-0.05, 0) is 89.0 Å². The summed E-state index contributed by atoms with van der Waals surface area (Å²) in [6.07, 6.45) is 8.75. The third kappa shape index (κ3) is 10.7. The number of fused-ring (bicyclic) bond motifs is 5. The lowest BCUT2D eigenvalue weighted by molar-refractivity contribution is -0.0441. The highest BCUT2D eigenvalue weighted by molar-refractivity contribution is 7.89. The molecule has 1 aromatic carbocycles. The maximum Gasteiger partial charge on any atom is 0.216 e. The average Bonchev–Trinajstić information content (AvgIpc) is 3.12. The predicted octanol–water partition coefficient (Wildman–Crippen LogP) is 3.40. The van der Waals surface area contributed by atoms with Gasteiger partial charge in [-0.15, -0.1) is 0 Å². The van der Waals surface area contributed by atoms with E-state index in [1.807, 2.05) is 25.1 Å². The Kier molecular flexibility index (Phi) is 13.4. The molecule has 4 aliphatic heterocycles. The summed E-state index contributed by atoms with van der Waals surface area (Å²) in [5.74, 6) is 1.84. The molecular weight excluding hydrogens is 719 g/mol. The fraction of sp³-hybridized carbons (Fsp3) is 0.711. The van der Waals surface area contributed by atoms with E-state index in [-0.39, 0.29) is 36.2 Å². The van der Waals surface area contributed by atoms with Crippen molar-refractivity contribution >= 4 is 20.0 Å². The first-order chi connectivity index (χ1) is 25.3. The first-order valence-corrected chi connectivity index (χ1v) is 22.9. The molecule has 2 aromatic rings. The zero-order valence-corrected chi connectivity index (χ0v) is 33.5. The zero-order valence-electron chi connectivity index (χ0n) is 31.9. The summed E-state index contributed by atoms with van der Waals surface area (Å²) < 4.78 is 80.5. The molecule has 2 N–H and O–H groups in total. The van der Waals surface area contributed by atoms with Crippen molar-refractivity contribution in [3.05, 3.63) is 53.2 Å². The van der Waals surface area contributed by atoms with Crippen LogP contribution in [0.15, 0.2) is 36.4 Å². The number of benzene rings is 1. The third-order valence-electron chi connectivity index (χ3n) is 11.5. The van der Waals surface area contributed by atoms with Gasteiger partial charge in [0.2, 0.25) is 25.9 Å². The first kappa shape index (κ1) is 40.3. The highest BCUT2D eigenvalue weighted by Gasteiger charge is 2.42. The number of likely N-dealkylation sites (tertiary alicyclic amines) is 1. The smallest absolute Gasteiger partial charge is 0.216 e. The molecule has 1 saturated carbocycles. The van der Waals surface area contributed by atoms with E-state index in [9.17, 15) is 16.8 Å². The van der Waals surface area contributed by atoms with Crippen LogP contribution in [0.2, 0.25) is 0 Å². The Labute approximate surface area is 316 Å². The van der Waals surface area contributed by atoms with Crippen molar-refractivity contribution in [1.29, 1.82) is 0 Å². The summed E-state index contributed by atoms with van der Waals surface area (Å²) in [4.78, 5) is 9.63. The van der Waals surface area contributed by atoms with Crippen molar-refractivity contribution in [2.45, 2.75) is 107 Å². The molecule has 7 rings (SSSR count). The fourth-order valence-corrected chi connectivity index (χ4v) is 10.5. The van der Waals surface area contributed by atoms with Crippen LogP contribution in [0.4, 0.5) is 0 Å². The second-order valence-corrected chi connectivity index (χ2v) is 19.2. The van der Waals surface area contributed by atoms with Crippen molar-refractivity contribution in [3.8, 4) is 11.6 Å². The molecule has 0 amide bonds. The molecular formula is C38H59N5O8S2. The normalized spacial score (nSPS) is 30.6. The Morgan fingerprint density at radius 3 is 2.40 bits per heavy atom. The summed E-state index contributed by atoms with van der Waals surface area (Å²) in [5.41, 5.74) is 3.01. The molecule has 15 heteroatoms. The van der Waals surface area contributed by atoms with Crippen LogP contribution in [0.3, 0.4) is 0 Å².